The van der Waals surface area contributed by atoms with Gasteiger partial charge in [0.05, 0.1) is 12.5 Å². The van der Waals surface area contributed by atoms with Gasteiger partial charge in [-0.05, 0) is 43.0 Å². The van der Waals surface area contributed by atoms with E-state index in [-0.39, 0.29) is 23.0 Å². The number of carbonyl (C=O) groups excluding carboxylic acids is 1. The Morgan fingerprint density at radius 3 is 2.45 bits per heavy atom. The quantitative estimate of drug-likeness (QED) is 0.776. The molecule has 0 saturated carbocycles. The standard InChI is InChI=1S/C22H22F3NO3/c1-2-29-20(27)14-9-11-26(12-10-14)15-7-8-17-16-5-3-4-6-18(16)21(28,19(17)13-15)22(23,24)25/h3-8,13-14,28H,2,9-12H2,1H3. The first kappa shape index (κ1) is 19.8. The Morgan fingerprint density at radius 2 is 1.79 bits per heavy atom. The van der Waals surface area contributed by atoms with Crippen molar-refractivity contribution in [2.24, 2.45) is 5.92 Å². The van der Waals surface area contributed by atoms with E-state index < -0.39 is 11.8 Å². The second-order valence-electron chi connectivity index (χ2n) is 7.50. The molecule has 1 heterocycles. The van der Waals surface area contributed by atoms with Crippen molar-refractivity contribution < 1.29 is 27.8 Å². The first-order chi connectivity index (χ1) is 13.8. The monoisotopic (exact) mass is 405 g/mol. The van der Waals surface area contributed by atoms with E-state index in [1.165, 1.54) is 18.2 Å². The van der Waals surface area contributed by atoms with E-state index in [2.05, 4.69) is 0 Å². The van der Waals surface area contributed by atoms with Crippen molar-refractivity contribution in [3.63, 3.8) is 0 Å². The molecule has 4 nitrogen and oxygen atoms in total. The van der Waals surface area contributed by atoms with Crippen molar-refractivity contribution in [1.82, 2.24) is 0 Å². The number of nitrogens with zero attached hydrogens (tertiary/aromatic N) is 1. The third-order valence-electron chi connectivity index (χ3n) is 5.89. The van der Waals surface area contributed by atoms with Gasteiger partial charge < -0.3 is 14.7 Å². The Hall–Kier alpha value is -2.54. The highest BCUT2D eigenvalue weighted by molar-refractivity contribution is 5.82. The number of ether oxygens (including phenoxy) is 1. The number of esters is 1. The van der Waals surface area contributed by atoms with Crippen molar-refractivity contribution in [2.75, 3.05) is 24.6 Å². The van der Waals surface area contributed by atoms with E-state index in [0.29, 0.717) is 49.4 Å². The molecule has 29 heavy (non-hydrogen) atoms. The zero-order chi connectivity index (χ0) is 20.8. The van der Waals surface area contributed by atoms with E-state index in [0.717, 1.165) is 0 Å². The van der Waals surface area contributed by atoms with Gasteiger partial charge in [-0.25, -0.2) is 0 Å². The van der Waals surface area contributed by atoms with Gasteiger partial charge in [-0.1, -0.05) is 30.3 Å². The lowest BCUT2D eigenvalue weighted by Crippen LogP contribution is -2.42. The molecular weight excluding hydrogens is 383 g/mol. The Balaban J connectivity index is 1.66. The third kappa shape index (κ3) is 3.08. The SMILES string of the molecule is CCOC(=O)C1CCN(c2ccc3c(c2)C(O)(C(F)(F)F)c2ccccc2-3)CC1. The molecule has 4 rings (SSSR count). The molecule has 0 aromatic heterocycles. The van der Waals surface area contributed by atoms with Crippen LogP contribution in [0.2, 0.25) is 0 Å². The molecule has 1 fully saturated rings. The molecule has 2 aromatic rings. The Kier molecular flexibility index (Phi) is 4.81. The zero-order valence-corrected chi connectivity index (χ0v) is 16.0. The Bertz CT molecular complexity index is 935. The molecular formula is C22H22F3NO3. The predicted octanol–water partition coefficient (Wildman–Crippen LogP) is 4.24. The molecule has 2 aliphatic rings. The van der Waals surface area contributed by atoms with E-state index >= 15 is 0 Å². The number of rotatable bonds is 3. The van der Waals surface area contributed by atoms with Gasteiger partial charge in [0.25, 0.3) is 0 Å². The summed E-state index contributed by atoms with van der Waals surface area (Å²) >= 11 is 0. The third-order valence-corrected chi connectivity index (χ3v) is 5.89. The first-order valence-electron chi connectivity index (χ1n) is 9.72. The molecule has 2 aromatic carbocycles. The van der Waals surface area contributed by atoms with Crippen LogP contribution in [0.3, 0.4) is 0 Å². The fourth-order valence-corrected chi connectivity index (χ4v) is 4.38. The number of hydrogen-bond acceptors (Lipinski definition) is 4. The number of fused-ring (bicyclic) bond motifs is 3. The molecule has 1 atom stereocenters. The van der Waals surface area contributed by atoms with Crippen LogP contribution in [-0.4, -0.2) is 36.9 Å². The smallest absolute Gasteiger partial charge is 0.425 e. The van der Waals surface area contributed by atoms with Gasteiger partial charge in [-0.15, -0.1) is 0 Å². The molecule has 0 bridgehead atoms. The van der Waals surface area contributed by atoms with Gasteiger partial charge in [0.1, 0.15) is 0 Å². The summed E-state index contributed by atoms with van der Waals surface area (Å²) in [4.78, 5) is 13.9. The number of carbonyl (C=O) groups is 1. The summed E-state index contributed by atoms with van der Waals surface area (Å²) in [6.07, 6.45) is -3.68. The number of hydrogen-bond donors (Lipinski definition) is 1. The van der Waals surface area contributed by atoms with Gasteiger partial charge in [0.15, 0.2) is 0 Å². The van der Waals surface area contributed by atoms with Crippen molar-refractivity contribution >= 4 is 11.7 Å². The number of piperidine rings is 1. The second kappa shape index (κ2) is 7.06. The van der Waals surface area contributed by atoms with Crippen LogP contribution in [0.1, 0.15) is 30.9 Å². The summed E-state index contributed by atoms with van der Waals surface area (Å²) in [7, 11) is 0. The summed E-state index contributed by atoms with van der Waals surface area (Å²) in [5, 5.41) is 10.8. The van der Waals surface area contributed by atoms with Crippen LogP contribution in [0.25, 0.3) is 11.1 Å². The number of benzene rings is 2. The summed E-state index contributed by atoms with van der Waals surface area (Å²) in [5.41, 5.74) is -1.91. The minimum Gasteiger partial charge on any atom is -0.466 e. The van der Waals surface area contributed by atoms with Gasteiger partial charge in [-0.2, -0.15) is 13.2 Å². The molecule has 7 heteroatoms. The van der Waals surface area contributed by atoms with E-state index in [4.69, 9.17) is 4.74 Å². The zero-order valence-electron chi connectivity index (χ0n) is 16.0. The first-order valence-corrected chi connectivity index (χ1v) is 9.72. The average Bonchev–Trinajstić information content (AvgIpc) is 2.98. The van der Waals surface area contributed by atoms with Crippen LogP contribution in [0.15, 0.2) is 42.5 Å². The highest BCUT2D eigenvalue weighted by Gasteiger charge is 2.60. The van der Waals surface area contributed by atoms with Crippen molar-refractivity contribution in [1.29, 1.82) is 0 Å². The van der Waals surface area contributed by atoms with E-state index in [1.807, 2.05) is 4.90 Å². The number of halogens is 3. The summed E-state index contributed by atoms with van der Waals surface area (Å²) < 4.78 is 47.0. The Labute approximate surface area is 166 Å². The normalized spacial score (nSPS) is 21.6. The van der Waals surface area contributed by atoms with Gasteiger partial charge in [0, 0.05) is 29.9 Å². The van der Waals surface area contributed by atoms with Crippen molar-refractivity contribution in [2.45, 2.75) is 31.5 Å². The van der Waals surface area contributed by atoms with E-state index in [1.54, 1.807) is 31.2 Å². The van der Waals surface area contributed by atoms with Gasteiger partial charge >= 0.3 is 12.1 Å². The lowest BCUT2D eigenvalue weighted by molar-refractivity contribution is -0.246. The molecule has 1 saturated heterocycles. The predicted molar refractivity (Wildman–Crippen MR) is 103 cm³/mol. The summed E-state index contributed by atoms with van der Waals surface area (Å²) in [6.45, 7) is 3.18. The van der Waals surface area contributed by atoms with Crippen LogP contribution in [0, 0.1) is 5.92 Å². The van der Waals surface area contributed by atoms with Crippen LogP contribution in [0.4, 0.5) is 18.9 Å². The maximum atomic E-state index is 14.0. The lowest BCUT2D eigenvalue weighted by Gasteiger charge is -2.34. The molecule has 0 amide bonds. The highest BCUT2D eigenvalue weighted by atomic mass is 19.4. The summed E-state index contributed by atoms with van der Waals surface area (Å²) in [5.74, 6) is -0.403. The topological polar surface area (TPSA) is 49.8 Å². The fraction of sp³-hybridized carbons (Fsp3) is 0.409. The number of anilines is 1. The number of aliphatic hydroxyl groups is 1. The molecule has 1 aliphatic heterocycles. The fourth-order valence-electron chi connectivity index (χ4n) is 4.38. The lowest BCUT2D eigenvalue weighted by atomic mass is 9.90. The van der Waals surface area contributed by atoms with Crippen molar-refractivity contribution in [3.05, 3.63) is 53.6 Å². The van der Waals surface area contributed by atoms with Crippen LogP contribution >= 0.6 is 0 Å². The largest absolute Gasteiger partial charge is 0.466 e. The maximum absolute atomic E-state index is 14.0. The highest BCUT2D eigenvalue weighted by Crippen LogP contribution is 2.55. The van der Waals surface area contributed by atoms with Crippen LogP contribution < -0.4 is 4.90 Å². The molecule has 154 valence electrons. The van der Waals surface area contributed by atoms with E-state index in [9.17, 15) is 23.1 Å². The molecule has 0 radical (unpaired) electrons. The van der Waals surface area contributed by atoms with Gasteiger partial charge in [-0.3, -0.25) is 4.79 Å². The molecule has 1 unspecified atom stereocenters. The minimum atomic E-state index is -4.84. The van der Waals surface area contributed by atoms with Crippen LogP contribution in [0.5, 0.6) is 0 Å². The molecule has 1 aliphatic carbocycles. The maximum Gasteiger partial charge on any atom is 0.425 e. The van der Waals surface area contributed by atoms with Crippen LogP contribution in [-0.2, 0) is 15.1 Å². The molecule has 0 spiro atoms. The minimum absolute atomic E-state index is 0.138. The van der Waals surface area contributed by atoms with Crippen molar-refractivity contribution in [3.8, 4) is 11.1 Å². The van der Waals surface area contributed by atoms with Gasteiger partial charge in [0.2, 0.25) is 5.60 Å². The summed E-state index contributed by atoms with van der Waals surface area (Å²) in [6, 6.07) is 11.0. The second-order valence-corrected chi connectivity index (χ2v) is 7.50. The molecule has 1 N–H and O–H groups in total. The average molecular weight is 405 g/mol. The number of alkyl halides is 3. The Morgan fingerprint density at radius 1 is 1.14 bits per heavy atom.